The number of benzene rings is 2. The van der Waals surface area contributed by atoms with Gasteiger partial charge in [-0.3, -0.25) is 14.2 Å². The van der Waals surface area contributed by atoms with E-state index >= 15 is 0 Å². The minimum Gasteiger partial charge on any atom is -0.377 e. The van der Waals surface area contributed by atoms with E-state index < -0.39 is 0 Å². The fourth-order valence-corrected chi connectivity index (χ4v) is 5.32. The molecule has 190 valence electrons. The fourth-order valence-electron chi connectivity index (χ4n) is 5.32. The number of hydrogen-bond acceptors (Lipinski definition) is 6. The molecule has 0 spiro atoms. The molecule has 38 heavy (non-hydrogen) atoms. The second-order valence-corrected chi connectivity index (χ2v) is 9.59. The van der Waals surface area contributed by atoms with Crippen LogP contribution in [0.3, 0.4) is 0 Å². The average molecular weight is 507 g/mol. The van der Waals surface area contributed by atoms with Crippen molar-refractivity contribution >= 4 is 27.9 Å². The Balaban J connectivity index is 1.38. The van der Waals surface area contributed by atoms with Crippen LogP contribution in [-0.2, 0) is 11.8 Å². The number of anilines is 1. The highest BCUT2D eigenvalue weighted by molar-refractivity contribution is 5.95. The van der Waals surface area contributed by atoms with E-state index in [9.17, 15) is 4.79 Å². The van der Waals surface area contributed by atoms with Crippen molar-refractivity contribution in [1.29, 1.82) is 0 Å². The third kappa shape index (κ3) is 3.45. The minimum atomic E-state index is -0.0744. The zero-order valence-corrected chi connectivity index (χ0v) is 21.1. The first kappa shape index (κ1) is 22.5. The molecule has 1 aliphatic rings. The minimum absolute atomic E-state index is 0.0744. The molecule has 5 heterocycles. The smallest absolute Gasteiger partial charge is 0.333 e. The summed E-state index contributed by atoms with van der Waals surface area (Å²) in [5.74, 6) is 1.62. The average Bonchev–Trinajstić information content (AvgIpc) is 3.68. The number of hydrogen-bond donors (Lipinski definition) is 1. The summed E-state index contributed by atoms with van der Waals surface area (Å²) in [5, 5.41) is 12.6. The van der Waals surface area contributed by atoms with E-state index in [-0.39, 0.29) is 11.7 Å². The van der Waals surface area contributed by atoms with Crippen LogP contribution in [0.2, 0.25) is 0 Å². The number of rotatable bonds is 4. The van der Waals surface area contributed by atoms with E-state index in [0.29, 0.717) is 13.2 Å². The number of aryl methyl sites for hydroxylation is 1. The van der Waals surface area contributed by atoms with Crippen molar-refractivity contribution in [2.75, 3.05) is 24.7 Å². The van der Waals surface area contributed by atoms with Crippen molar-refractivity contribution in [2.45, 2.75) is 13.0 Å². The van der Waals surface area contributed by atoms with Gasteiger partial charge in [-0.25, -0.2) is 9.78 Å². The quantitative estimate of drug-likeness (QED) is 0.392. The lowest BCUT2D eigenvalue weighted by Crippen LogP contribution is -2.44. The molecule has 0 saturated carbocycles. The second kappa shape index (κ2) is 8.70. The van der Waals surface area contributed by atoms with Gasteiger partial charge in [0.05, 0.1) is 48.4 Å². The summed E-state index contributed by atoms with van der Waals surface area (Å²) in [5.41, 5.74) is 5.30. The van der Waals surface area contributed by atoms with Gasteiger partial charge < -0.3 is 9.64 Å². The Morgan fingerprint density at radius 2 is 1.87 bits per heavy atom. The van der Waals surface area contributed by atoms with Crippen LogP contribution >= 0.6 is 0 Å². The number of nitrogens with zero attached hydrogens (tertiary/aromatic N) is 7. The van der Waals surface area contributed by atoms with E-state index in [4.69, 9.17) is 9.72 Å². The number of H-pyrrole nitrogens is 1. The van der Waals surface area contributed by atoms with Crippen LogP contribution in [0.5, 0.6) is 0 Å². The van der Waals surface area contributed by atoms with Gasteiger partial charge in [0.15, 0.2) is 11.5 Å². The lowest BCUT2D eigenvalue weighted by Gasteiger charge is -2.34. The molecule has 1 saturated heterocycles. The van der Waals surface area contributed by atoms with Crippen molar-refractivity contribution in [1.82, 2.24) is 34.1 Å². The van der Waals surface area contributed by atoms with Gasteiger partial charge in [0, 0.05) is 25.0 Å². The van der Waals surface area contributed by atoms with Gasteiger partial charge in [-0.05, 0) is 48.4 Å². The molecule has 0 amide bonds. The lowest BCUT2D eigenvalue weighted by atomic mass is 10.0. The largest absolute Gasteiger partial charge is 0.377 e. The number of nitrogens with one attached hydrogen (secondary N) is 1. The summed E-state index contributed by atoms with van der Waals surface area (Å²) in [6.45, 7) is 4.23. The number of morpholine rings is 1. The highest BCUT2D eigenvalue weighted by Crippen LogP contribution is 2.34. The Kier molecular flexibility index (Phi) is 5.15. The Morgan fingerprint density at radius 3 is 2.63 bits per heavy atom. The van der Waals surface area contributed by atoms with Crippen molar-refractivity contribution in [3.05, 3.63) is 83.5 Å². The lowest BCUT2D eigenvalue weighted by molar-refractivity contribution is 0.0986. The fraction of sp³-hybridized carbons (Fsp3) is 0.214. The number of imidazole rings is 1. The van der Waals surface area contributed by atoms with Crippen LogP contribution in [0.1, 0.15) is 6.92 Å². The highest BCUT2D eigenvalue weighted by Gasteiger charge is 2.23. The summed E-state index contributed by atoms with van der Waals surface area (Å²) in [6, 6.07) is 20.1. The monoisotopic (exact) mass is 506 g/mol. The van der Waals surface area contributed by atoms with Gasteiger partial charge in [-0.2, -0.15) is 14.9 Å². The normalized spacial score (nSPS) is 16.1. The maximum atomic E-state index is 13.1. The first-order chi connectivity index (χ1) is 18.6. The zero-order chi connectivity index (χ0) is 25.8. The Labute approximate surface area is 217 Å². The van der Waals surface area contributed by atoms with Crippen LogP contribution < -0.4 is 10.6 Å². The Hall–Kier alpha value is -4.70. The van der Waals surface area contributed by atoms with Crippen molar-refractivity contribution < 1.29 is 4.74 Å². The number of pyridine rings is 1. The van der Waals surface area contributed by atoms with E-state index in [1.807, 2.05) is 48.7 Å². The van der Waals surface area contributed by atoms with Gasteiger partial charge in [-0.15, -0.1) is 0 Å². The molecule has 2 aromatic carbocycles. The Bertz CT molecular complexity index is 1830. The number of aromatic amines is 1. The second-order valence-electron chi connectivity index (χ2n) is 9.59. The van der Waals surface area contributed by atoms with Gasteiger partial charge >= 0.3 is 5.69 Å². The molecular weight excluding hydrogens is 480 g/mol. The van der Waals surface area contributed by atoms with E-state index in [1.54, 1.807) is 27.1 Å². The zero-order valence-electron chi connectivity index (χ0n) is 21.1. The molecule has 1 fully saturated rings. The predicted molar refractivity (Wildman–Crippen MR) is 146 cm³/mol. The molecular formula is C28H26N8O2. The molecule has 0 unspecified atom stereocenters. The molecule has 0 aliphatic carbocycles. The SMILES string of the molecule is C[C@@H]1COCCN1c1cc(-c2ccc(-n3c(=O)n(C)c4ccccc43)cc2)c2cnn(-c3ccn[nH]3)c2n1. The summed E-state index contributed by atoms with van der Waals surface area (Å²) in [6.07, 6.45) is 3.54. The van der Waals surface area contributed by atoms with E-state index in [0.717, 1.165) is 57.1 Å². The first-order valence-corrected chi connectivity index (χ1v) is 12.6. The number of ether oxygens (including phenoxy) is 1. The molecule has 7 rings (SSSR count). The topological polar surface area (TPSA) is 98.8 Å². The molecule has 1 aliphatic heterocycles. The van der Waals surface area contributed by atoms with Crippen LogP contribution in [0, 0.1) is 0 Å². The maximum Gasteiger partial charge on any atom is 0.333 e. The molecule has 1 N–H and O–H groups in total. The number of aromatic nitrogens is 7. The molecule has 6 aromatic rings. The maximum absolute atomic E-state index is 13.1. The molecule has 10 heteroatoms. The number of fused-ring (bicyclic) bond motifs is 2. The van der Waals surface area contributed by atoms with Crippen molar-refractivity contribution in [2.24, 2.45) is 7.05 Å². The molecule has 0 bridgehead atoms. The standard InChI is InChI=1S/C28H26N8O2/c1-18-17-38-14-13-34(18)26-15-21(22-16-30-36(27(22)31-26)25-11-12-29-32-25)19-7-9-20(10-8-19)35-24-6-4-3-5-23(24)33(2)28(35)37/h3-12,15-16,18H,13-14,17H2,1-2H3,(H,29,32)/t18-/m1/s1. The third-order valence-corrected chi connectivity index (χ3v) is 7.30. The number of para-hydroxylation sites is 2. The van der Waals surface area contributed by atoms with Gasteiger partial charge in [0.2, 0.25) is 0 Å². The summed E-state index contributed by atoms with van der Waals surface area (Å²) >= 11 is 0. The molecule has 4 aromatic heterocycles. The highest BCUT2D eigenvalue weighted by atomic mass is 16.5. The van der Waals surface area contributed by atoms with Gasteiger partial charge in [-0.1, -0.05) is 24.3 Å². The summed E-state index contributed by atoms with van der Waals surface area (Å²) < 4.78 is 10.9. The van der Waals surface area contributed by atoms with Crippen molar-refractivity contribution in [3.63, 3.8) is 0 Å². The van der Waals surface area contributed by atoms with Crippen LogP contribution in [0.4, 0.5) is 5.82 Å². The van der Waals surface area contributed by atoms with Gasteiger partial charge in [0.25, 0.3) is 0 Å². The van der Waals surface area contributed by atoms with E-state index in [2.05, 4.69) is 45.3 Å². The van der Waals surface area contributed by atoms with Crippen LogP contribution in [0.15, 0.2) is 77.9 Å². The Morgan fingerprint density at radius 1 is 1.05 bits per heavy atom. The van der Waals surface area contributed by atoms with Crippen molar-refractivity contribution in [3.8, 4) is 22.6 Å². The molecule has 10 nitrogen and oxygen atoms in total. The molecule has 1 atom stereocenters. The first-order valence-electron chi connectivity index (χ1n) is 12.6. The third-order valence-electron chi connectivity index (χ3n) is 7.30. The summed E-state index contributed by atoms with van der Waals surface area (Å²) in [4.78, 5) is 20.4. The van der Waals surface area contributed by atoms with Crippen LogP contribution in [0.25, 0.3) is 44.7 Å². The van der Waals surface area contributed by atoms with E-state index in [1.165, 1.54) is 0 Å². The summed E-state index contributed by atoms with van der Waals surface area (Å²) in [7, 11) is 1.80. The van der Waals surface area contributed by atoms with Gasteiger partial charge in [0.1, 0.15) is 5.82 Å². The predicted octanol–water partition coefficient (Wildman–Crippen LogP) is 3.68. The molecule has 0 radical (unpaired) electrons. The van der Waals surface area contributed by atoms with Crippen LogP contribution in [-0.4, -0.2) is 59.9 Å².